The SMILES string of the molecule is CON(O)CCCN(C)C. The number of hydrogen-bond acceptors (Lipinski definition) is 4. The highest BCUT2D eigenvalue weighted by atomic mass is 16.9. The zero-order chi connectivity index (χ0) is 7.98. The van der Waals surface area contributed by atoms with Crippen LogP contribution in [0.5, 0.6) is 0 Å². The highest BCUT2D eigenvalue weighted by Crippen LogP contribution is 1.87. The van der Waals surface area contributed by atoms with Gasteiger partial charge in [-0.1, -0.05) is 5.23 Å². The molecule has 0 bridgehead atoms. The van der Waals surface area contributed by atoms with E-state index in [0.717, 1.165) is 18.2 Å². The summed E-state index contributed by atoms with van der Waals surface area (Å²) in [4.78, 5) is 6.56. The molecule has 0 aliphatic heterocycles. The lowest BCUT2D eigenvalue weighted by molar-refractivity contribution is -0.325. The molecule has 0 aromatic rings. The lowest BCUT2D eigenvalue weighted by atomic mass is 10.4. The number of hydrogen-bond donors (Lipinski definition) is 1. The molecule has 0 fully saturated rings. The van der Waals surface area contributed by atoms with Gasteiger partial charge in [0.1, 0.15) is 0 Å². The van der Waals surface area contributed by atoms with Gasteiger partial charge in [-0.2, -0.15) is 0 Å². The van der Waals surface area contributed by atoms with Gasteiger partial charge in [0.2, 0.25) is 0 Å². The standard InChI is InChI=1S/C6H16N2O2/c1-7(2)5-4-6-8(9)10-3/h9H,4-6H2,1-3H3. The van der Waals surface area contributed by atoms with Crippen LogP contribution in [0.15, 0.2) is 0 Å². The van der Waals surface area contributed by atoms with Gasteiger partial charge in [-0.3, -0.25) is 10.0 Å². The fourth-order valence-corrected chi connectivity index (χ4v) is 0.613. The Hall–Kier alpha value is -0.160. The summed E-state index contributed by atoms with van der Waals surface area (Å²) in [6, 6.07) is 0. The summed E-state index contributed by atoms with van der Waals surface area (Å²) in [7, 11) is 5.43. The van der Waals surface area contributed by atoms with Crippen molar-refractivity contribution >= 4 is 0 Å². The summed E-state index contributed by atoms with van der Waals surface area (Å²) in [5.74, 6) is 0. The normalized spacial score (nSPS) is 11.4. The van der Waals surface area contributed by atoms with Crippen molar-refractivity contribution in [1.82, 2.24) is 10.1 Å². The average molecular weight is 148 g/mol. The highest BCUT2D eigenvalue weighted by molar-refractivity contribution is 4.43. The smallest absolute Gasteiger partial charge is 0.0601 e. The first-order chi connectivity index (χ1) is 4.66. The molecule has 0 aromatic heterocycles. The first-order valence-corrected chi connectivity index (χ1v) is 3.32. The van der Waals surface area contributed by atoms with Crippen LogP contribution in [0.25, 0.3) is 0 Å². The van der Waals surface area contributed by atoms with E-state index in [9.17, 15) is 0 Å². The van der Waals surface area contributed by atoms with Gasteiger partial charge in [-0.05, 0) is 27.1 Å². The molecule has 0 rings (SSSR count). The number of nitrogens with zero attached hydrogens (tertiary/aromatic N) is 2. The zero-order valence-corrected chi connectivity index (χ0v) is 6.87. The van der Waals surface area contributed by atoms with Crippen molar-refractivity contribution in [2.24, 2.45) is 0 Å². The predicted molar refractivity (Wildman–Crippen MR) is 38.7 cm³/mol. The molecule has 0 amide bonds. The highest BCUT2D eigenvalue weighted by Gasteiger charge is 1.96. The molecule has 0 saturated heterocycles. The van der Waals surface area contributed by atoms with Crippen LogP contribution in [0.4, 0.5) is 0 Å². The molecule has 0 aromatic carbocycles. The third-order valence-electron chi connectivity index (χ3n) is 1.17. The molecule has 0 aliphatic rings. The van der Waals surface area contributed by atoms with Gasteiger partial charge in [0, 0.05) is 0 Å². The topological polar surface area (TPSA) is 35.9 Å². The Kier molecular flexibility index (Phi) is 5.52. The second-order valence-electron chi connectivity index (χ2n) is 2.42. The Morgan fingerprint density at radius 2 is 1.90 bits per heavy atom. The van der Waals surface area contributed by atoms with E-state index in [2.05, 4.69) is 9.74 Å². The van der Waals surface area contributed by atoms with E-state index in [1.165, 1.54) is 7.11 Å². The number of hydroxylamine groups is 2. The minimum atomic E-state index is 0.550. The van der Waals surface area contributed by atoms with Crippen LogP contribution in [0.3, 0.4) is 0 Å². The van der Waals surface area contributed by atoms with E-state index in [0.29, 0.717) is 6.54 Å². The molecule has 10 heavy (non-hydrogen) atoms. The van der Waals surface area contributed by atoms with Gasteiger partial charge >= 0.3 is 0 Å². The van der Waals surface area contributed by atoms with Crippen molar-refractivity contribution in [1.29, 1.82) is 0 Å². The first kappa shape index (κ1) is 9.84. The summed E-state index contributed by atoms with van der Waals surface area (Å²) in [5, 5.41) is 9.60. The van der Waals surface area contributed by atoms with Crippen LogP contribution in [-0.4, -0.2) is 49.6 Å². The van der Waals surface area contributed by atoms with E-state index in [1.54, 1.807) is 0 Å². The lowest BCUT2D eigenvalue weighted by Gasteiger charge is -2.13. The van der Waals surface area contributed by atoms with Gasteiger partial charge in [0.25, 0.3) is 0 Å². The van der Waals surface area contributed by atoms with Crippen molar-refractivity contribution in [2.75, 3.05) is 34.3 Å². The number of rotatable bonds is 5. The molecular weight excluding hydrogens is 132 g/mol. The maximum atomic E-state index is 8.76. The van der Waals surface area contributed by atoms with E-state index >= 15 is 0 Å². The largest absolute Gasteiger partial charge is 0.309 e. The van der Waals surface area contributed by atoms with Gasteiger partial charge in [-0.15, -0.1) is 0 Å². The van der Waals surface area contributed by atoms with Gasteiger partial charge in [-0.25, -0.2) is 0 Å². The van der Waals surface area contributed by atoms with Crippen LogP contribution in [0.1, 0.15) is 6.42 Å². The van der Waals surface area contributed by atoms with E-state index < -0.39 is 0 Å². The van der Waals surface area contributed by atoms with Gasteiger partial charge in [0.15, 0.2) is 0 Å². The quantitative estimate of drug-likeness (QED) is 0.565. The molecule has 0 heterocycles. The maximum Gasteiger partial charge on any atom is 0.0601 e. The van der Waals surface area contributed by atoms with Crippen molar-refractivity contribution in [3.63, 3.8) is 0 Å². The molecule has 4 nitrogen and oxygen atoms in total. The molecular formula is C6H16N2O2. The zero-order valence-electron chi connectivity index (χ0n) is 6.87. The lowest BCUT2D eigenvalue weighted by Crippen LogP contribution is -2.23. The third-order valence-corrected chi connectivity index (χ3v) is 1.17. The third kappa shape index (κ3) is 5.97. The monoisotopic (exact) mass is 148 g/mol. The second kappa shape index (κ2) is 5.61. The molecule has 1 N–H and O–H groups in total. The molecule has 0 aliphatic carbocycles. The molecule has 0 unspecified atom stereocenters. The molecule has 0 saturated carbocycles. The molecule has 0 atom stereocenters. The van der Waals surface area contributed by atoms with Gasteiger partial charge in [0.05, 0.1) is 13.7 Å². The van der Waals surface area contributed by atoms with Crippen LogP contribution >= 0.6 is 0 Å². The summed E-state index contributed by atoms with van der Waals surface area (Å²) in [6.45, 7) is 1.51. The van der Waals surface area contributed by atoms with Crippen LogP contribution in [-0.2, 0) is 4.84 Å². The van der Waals surface area contributed by atoms with E-state index in [1.807, 2.05) is 14.1 Å². The average Bonchev–Trinajstić information content (AvgIpc) is 1.87. The van der Waals surface area contributed by atoms with Crippen molar-refractivity contribution in [3.8, 4) is 0 Å². The van der Waals surface area contributed by atoms with E-state index in [4.69, 9.17) is 5.21 Å². The van der Waals surface area contributed by atoms with Crippen molar-refractivity contribution < 1.29 is 10.0 Å². The summed E-state index contributed by atoms with van der Waals surface area (Å²) < 4.78 is 0. The summed E-state index contributed by atoms with van der Waals surface area (Å²) in [6.07, 6.45) is 0.900. The van der Waals surface area contributed by atoms with Crippen LogP contribution in [0, 0.1) is 0 Å². The van der Waals surface area contributed by atoms with Crippen molar-refractivity contribution in [2.45, 2.75) is 6.42 Å². The molecule has 62 valence electrons. The molecule has 0 radical (unpaired) electrons. The Morgan fingerprint density at radius 1 is 1.30 bits per heavy atom. The summed E-state index contributed by atoms with van der Waals surface area (Å²) >= 11 is 0. The summed E-state index contributed by atoms with van der Waals surface area (Å²) in [5.41, 5.74) is 0. The Morgan fingerprint density at radius 3 is 2.30 bits per heavy atom. The van der Waals surface area contributed by atoms with E-state index in [-0.39, 0.29) is 0 Å². The van der Waals surface area contributed by atoms with Crippen LogP contribution in [0.2, 0.25) is 0 Å². The molecule has 4 heteroatoms. The van der Waals surface area contributed by atoms with Crippen molar-refractivity contribution in [3.05, 3.63) is 0 Å². The molecule has 0 spiro atoms. The maximum absolute atomic E-state index is 8.76. The van der Waals surface area contributed by atoms with Gasteiger partial charge < -0.3 is 4.90 Å². The predicted octanol–water partition coefficient (Wildman–Crippen LogP) is 0.191. The second-order valence-corrected chi connectivity index (χ2v) is 2.42. The minimum Gasteiger partial charge on any atom is -0.309 e. The first-order valence-electron chi connectivity index (χ1n) is 3.32. The minimum absolute atomic E-state index is 0.550. The fourth-order valence-electron chi connectivity index (χ4n) is 0.613. The van der Waals surface area contributed by atoms with Crippen LogP contribution < -0.4 is 0 Å². The Labute approximate surface area is 61.9 Å². The Balaban J connectivity index is 3.03. The Bertz CT molecular complexity index is 78.1. The fraction of sp³-hybridized carbons (Fsp3) is 1.00.